The fraction of sp³-hybridized carbons (Fsp3) is 0.556. The molecule has 1 aliphatic carbocycles. The maximum Gasteiger partial charge on any atom is 0.254 e. The predicted octanol–water partition coefficient (Wildman–Crippen LogP) is 2.25. The van der Waals surface area contributed by atoms with Crippen molar-refractivity contribution in [3.63, 3.8) is 0 Å². The van der Waals surface area contributed by atoms with Gasteiger partial charge >= 0.3 is 0 Å². The number of carbonyl (C=O) groups excluding carboxylic acids is 2. The summed E-state index contributed by atoms with van der Waals surface area (Å²) in [5.74, 6) is 2.04. The first-order valence-electron chi connectivity index (χ1n) is 8.59. The van der Waals surface area contributed by atoms with E-state index in [9.17, 15) is 9.59 Å². The second kappa shape index (κ2) is 7.57. The van der Waals surface area contributed by atoms with Crippen LogP contribution in [0.15, 0.2) is 18.2 Å². The molecular weight excluding hydrogens is 322 g/mol. The summed E-state index contributed by atoms with van der Waals surface area (Å²) in [6.45, 7) is 3.49. The van der Waals surface area contributed by atoms with Crippen molar-refractivity contribution >= 4 is 29.3 Å². The third-order valence-electron chi connectivity index (χ3n) is 4.96. The van der Waals surface area contributed by atoms with Gasteiger partial charge in [0, 0.05) is 47.8 Å². The minimum absolute atomic E-state index is 0.0159. The lowest BCUT2D eigenvalue weighted by Crippen LogP contribution is -2.38. The average molecular weight is 347 g/mol. The van der Waals surface area contributed by atoms with Crippen LogP contribution in [0.1, 0.15) is 35.2 Å². The van der Waals surface area contributed by atoms with Gasteiger partial charge in [0.25, 0.3) is 5.91 Å². The van der Waals surface area contributed by atoms with E-state index in [0.29, 0.717) is 5.56 Å². The molecule has 0 bridgehead atoms. The Morgan fingerprint density at radius 2 is 2.00 bits per heavy atom. The standard InChI is InChI=1S/C18H25N3O2S/c1-12-15(18(23)21-7-9-24-10-8-21)3-2-4-16(12)20-17(22)13-5-6-14(19)11-13/h2-4,13-14H,5-11,19H2,1H3,(H,20,22). The summed E-state index contributed by atoms with van der Waals surface area (Å²) < 4.78 is 0. The first-order chi connectivity index (χ1) is 11.6. The van der Waals surface area contributed by atoms with Crippen LogP contribution in [-0.2, 0) is 4.79 Å². The molecule has 1 saturated heterocycles. The van der Waals surface area contributed by atoms with Crippen molar-refractivity contribution in [3.8, 4) is 0 Å². The van der Waals surface area contributed by atoms with Gasteiger partial charge in [-0.05, 0) is 43.9 Å². The molecule has 3 rings (SSSR count). The molecule has 1 aliphatic heterocycles. The lowest BCUT2D eigenvalue weighted by Gasteiger charge is -2.27. The topological polar surface area (TPSA) is 75.4 Å². The first-order valence-corrected chi connectivity index (χ1v) is 9.75. The summed E-state index contributed by atoms with van der Waals surface area (Å²) >= 11 is 1.88. The van der Waals surface area contributed by atoms with E-state index in [1.807, 2.05) is 41.8 Å². The molecule has 2 fully saturated rings. The van der Waals surface area contributed by atoms with Gasteiger partial charge < -0.3 is 16.0 Å². The van der Waals surface area contributed by atoms with E-state index in [1.165, 1.54) is 0 Å². The van der Waals surface area contributed by atoms with Crippen molar-refractivity contribution in [2.45, 2.75) is 32.2 Å². The van der Waals surface area contributed by atoms with E-state index in [-0.39, 0.29) is 23.8 Å². The van der Waals surface area contributed by atoms with Gasteiger partial charge in [0.2, 0.25) is 5.91 Å². The van der Waals surface area contributed by atoms with Gasteiger partial charge in [-0.3, -0.25) is 9.59 Å². The molecular formula is C18H25N3O2S. The van der Waals surface area contributed by atoms with Gasteiger partial charge in [-0.25, -0.2) is 0 Å². The highest BCUT2D eigenvalue weighted by atomic mass is 32.2. The van der Waals surface area contributed by atoms with E-state index in [4.69, 9.17) is 5.73 Å². The van der Waals surface area contributed by atoms with E-state index >= 15 is 0 Å². The number of amides is 2. The van der Waals surface area contributed by atoms with E-state index in [1.54, 1.807) is 0 Å². The Labute approximate surface area is 147 Å². The smallest absolute Gasteiger partial charge is 0.254 e. The third-order valence-corrected chi connectivity index (χ3v) is 5.91. The number of nitrogens with two attached hydrogens (primary N) is 1. The quantitative estimate of drug-likeness (QED) is 0.879. The number of hydrogen-bond donors (Lipinski definition) is 2. The summed E-state index contributed by atoms with van der Waals surface area (Å²) in [4.78, 5) is 27.1. The summed E-state index contributed by atoms with van der Waals surface area (Å²) in [7, 11) is 0. The molecule has 6 heteroatoms. The fourth-order valence-electron chi connectivity index (χ4n) is 3.43. The van der Waals surface area contributed by atoms with E-state index in [0.717, 1.165) is 55.1 Å². The van der Waals surface area contributed by atoms with Crippen molar-refractivity contribution in [1.29, 1.82) is 0 Å². The van der Waals surface area contributed by atoms with Crippen LogP contribution in [0.4, 0.5) is 5.69 Å². The number of rotatable bonds is 3. The number of thioether (sulfide) groups is 1. The number of nitrogens with one attached hydrogen (secondary N) is 1. The second-order valence-corrected chi connectivity index (χ2v) is 7.87. The molecule has 1 aromatic carbocycles. The Kier molecular flexibility index (Phi) is 5.46. The molecule has 1 aromatic rings. The van der Waals surface area contributed by atoms with E-state index in [2.05, 4.69) is 5.32 Å². The van der Waals surface area contributed by atoms with Gasteiger partial charge in [0.15, 0.2) is 0 Å². The highest BCUT2D eigenvalue weighted by molar-refractivity contribution is 7.99. The number of benzene rings is 1. The van der Waals surface area contributed by atoms with Crippen molar-refractivity contribution in [2.75, 3.05) is 29.9 Å². The molecule has 0 aromatic heterocycles. The van der Waals surface area contributed by atoms with Crippen LogP contribution in [0.2, 0.25) is 0 Å². The maximum absolute atomic E-state index is 12.7. The molecule has 3 N–H and O–H groups in total. The van der Waals surface area contributed by atoms with Gasteiger partial charge in [0.05, 0.1) is 0 Å². The number of nitrogens with zero attached hydrogens (tertiary/aromatic N) is 1. The van der Waals surface area contributed by atoms with Crippen LogP contribution in [0.5, 0.6) is 0 Å². The van der Waals surface area contributed by atoms with Crippen molar-refractivity contribution in [1.82, 2.24) is 4.90 Å². The van der Waals surface area contributed by atoms with Crippen LogP contribution in [0, 0.1) is 12.8 Å². The lowest BCUT2D eigenvalue weighted by molar-refractivity contribution is -0.119. The van der Waals surface area contributed by atoms with Crippen molar-refractivity contribution in [2.24, 2.45) is 11.7 Å². The number of hydrogen-bond acceptors (Lipinski definition) is 4. The minimum atomic E-state index is -0.0159. The summed E-state index contributed by atoms with van der Waals surface area (Å²) in [5.41, 5.74) is 8.16. The van der Waals surface area contributed by atoms with Crippen LogP contribution in [0.3, 0.4) is 0 Å². The molecule has 1 saturated carbocycles. The third kappa shape index (κ3) is 3.75. The molecule has 24 heavy (non-hydrogen) atoms. The Morgan fingerprint density at radius 1 is 1.25 bits per heavy atom. The van der Waals surface area contributed by atoms with Gasteiger partial charge in [-0.2, -0.15) is 11.8 Å². The highest BCUT2D eigenvalue weighted by Gasteiger charge is 2.28. The largest absolute Gasteiger partial charge is 0.337 e. The maximum atomic E-state index is 12.7. The zero-order chi connectivity index (χ0) is 17.1. The Bertz CT molecular complexity index is 629. The lowest BCUT2D eigenvalue weighted by atomic mass is 10.0. The molecule has 0 radical (unpaired) electrons. The SMILES string of the molecule is Cc1c(NC(=O)C2CCC(N)C2)cccc1C(=O)N1CCSCC1. The zero-order valence-corrected chi connectivity index (χ0v) is 14.9. The first kappa shape index (κ1) is 17.3. The molecule has 130 valence electrons. The van der Waals surface area contributed by atoms with Gasteiger partial charge in [-0.15, -0.1) is 0 Å². The van der Waals surface area contributed by atoms with Crippen LogP contribution in [0.25, 0.3) is 0 Å². The monoisotopic (exact) mass is 347 g/mol. The summed E-state index contributed by atoms with van der Waals surface area (Å²) in [6, 6.07) is 5.69. The zero-order valence-electron chi connectivity index (χ0n) is 14.1. The number of anilines is 1. The summed E-state index contributed by atoms with van der Waals surface area (Å²) in [6.07, 6.45) is 2.49. The Morgan fingerprint density at radius 3 is 2.67 bits per heavy atom. The van der Waals surface area contributed by atoms with E-state index < -0.39 is 0 Å². The van der Waals surface area contributed by atoms with Crippen molar-refractivity contribution < 1.29 is 9.59 Å². The fourth-order valence-corrected chi connectivity index (χ4v) is 4.33. The molecule has 0 spiro atoms. The van der Waals surface area contributed by atoms with Crippen LogP contribution >= 0.6 is 11.8 Å². The predicted molar refractivity (Wildman–Crippen MR) is 98.4 cm³/mol. The summed E-state index contributed by atoms with van der Waals surface area (Å²) in [5, 5.41) is 3.00. The average Bonchev–Trinajstić information content (AvgIpc) is 3.03. The highest BCUT2D eigenvalue weighted by Crippen LogP contribution is 2.27. The molecule has 2 atom stereocenters. The Hall–Kier alpha value is -1.53. The molecule has 2 amide bonds. The minimum Gasteiger partial charge on any atom is -0.337 e. The number of carbonyl (C=O) groups is 2. The van der Waals surface area contributed by atoms with Crippen LogP contribution < -0.4 is 11.1 Å². The van der Waals surface area contributed by atoms with Gasteiger partial charge in [-0.1, -0.05) is 6.07 Å². The second-order valence-electron chi connectivity index (χ2n) is 6.64. The van der Waals surface area contributed by atoms with Gasteiger partial charge in [0.1, 0.15) is 0 Å². The molecule has 1 heterocycles. The van der Waals surface area contributed by atoms with Crippen LogP contribution in [-0.4, -0.2) is 47.4 Å². The Balaban J connectivity index is 1.73. The molecule has 5 nitrogen and oxygen atoms in total. The normalized spacial score (nSPS) is 24.0. The molecule has 2 unspecified atom stereocenters. The van der Waals surface area contributed by atoms with Crippen molar-refractivity contribution in [3.05, 3.63) is 29.3 Å². The molecule has 2 aliphatic rings.